The van der Waals surface area contributed by atoms with Crippen molar-refractivity contribution in [1.82, 2.24) is 5.32 Å². The minimum atomic E-state index is -0.458. The molecule has 0 spiro atoms. The van der Waals surface area contributed by atoms with Crippen LogP contribution in [0.3, 0.4) is 0 Å². The van der Waals surface area contributed by atoms with E-state index in [-0.39, 0.29) is 6.04 Å². The van der Waals surface area contributed by atoms with Gasteiger partial charge in [-0.3, -0.25) is 0 Å². The van der Waals surface area contributed by atoms with Crippen LogP contribution in [0.25, 0.3) is 0 Å². The lowest BCUT2D eigenvalue weighted by molar-refractivity contribution is 0.143. The number of hydrogen-bond acceptors (Lipinski definition) is 3. The molecule has 2 unspecified atom stereocenters. The summed E-state index contributed by atoms with van der Waals surface area (Å²) in [7, 11) is 1.68. The molecular formula is C13H21NO2. The molecule has 0 aliphatic heterocycles. The lowest BCUT2D eigenvalue weighted by atomic mass is 10.1. The summed E-state index contributed by atoms with van der Waals surface area (Å²) in [6, 6.07) is 8.20. The molecule has 2 atom stereocenters. The quantitative estimate of drug-likeness (QED) is 0.770. The van der Waals surface area contributed by atoms with E-state index in [1.165, 1.54) is 5.56 Å². The van der Waals surface area contributed by atoms with E-state index in [4.69, 9.17) is 4.74 Å². The molecule has 0 amide bonds. The number of aryl methyl sites for hydroxylation is 1. The largest absolute Gasteiger partial charge is 0.387 e. The van der Waals surface area contributed by atoms with Crippen LogP contribution in [0.15, 0.2) is 24.3 Å². The standard InChI is InChI=1S/C13H21NO2/c1-10-4-6-12(7-5-10)13(15)8-14-11(2)9-16-3/h4-7,11,13-15H,8-9H2,1-3H3. The summed E-state index contributed by atoms with van der Waals surface area (Å²) in [5.41, 5.74) is 2.15. The van der Waals surface area contributed by atoms with Gasteiger partial charge >= 0.3 is 0 Å². The maximum Gasteiger partial charge on any atom is 0.0914 e. The van der Waals surface area contributed by atoms with Gasteiger partial charge in [-0.25, -0.2) is 0 Å². The van der Waals surface area contributed by atoms with Gasteiger partial charge in [0.2, 0.25) is 0 Å². The Bertz CT molecular complexity index is 297. The number of methoxy groups -OCH3 is 1. The van der Waals surface area contributed by atoms with Crippen LogP contribution in [0.5, 0.6) is 0 Å². The molecule has 0 aliphatic rings. The maximum absolute atomic E-state index is 9.93. The molecule has 3 heteroatoms. The fourth-order valence-electron chi connectivity index (χ4n) is 1.53. The Kier molecular flexibility index (Phi) is 5.46. The molecule has 0 aromatic heterocycles. The van der Waals surface area contributed by atoms with Crippen LogP contribution in [0, 0.1) is 6.92 Å². The summed E-state index contributed by atoms with van der Waals surface area (Å²) in [5, 5.41) is 13.1. The zero-order valence-corrected chi connectivity index (χ0v) is 10.2. The van der Waals surface area contributed by atoms with Crippen LogP contribution in [0.1, 0.15) is 24.2 Å². The number of aliphatic hydroxyl groups is 1. The molecule has 0 fully saturated rings. The molecule has 2 N–H and O–H groups in total. The molecule has 0 saturated heterocycles. The monoisotopic (exact) mass is 223 g/mol. The number of hydrogen-bond donors (Lipinski definition) is 2. The van der Waals surface area contributed by atoms with Crippen molar-refractivity contribution >= 4 is 0 Å². The first-order chi connectivity index (χ1) is 7.63. The number of ether oxygens (including phenoxy) is 1. The van der Waals surface area contributed by atoms with Crippen molar-refractivity contribution in [2.75, 3.05) is 20.3 Å². The van der Waals surface area contributed by atoms with Crippen LogP contribution >= 0.6 is 0 Å². The van der Waals surface area contributed by atoms with E-state index in [0.717, 1.165) is 5.56 Å². The molecule has 90 valence electrons. The van der Waals surface area contributed by atoms with E-state index in [9.17, 15) is 5.11 Å². The first-order valence-electron chi connectivity index (χ1n) is 5.60. The van der Waals surface area contributed by atoms with Crippen molar-refractivity contribution in [3.63, 3.8) is 0 Å². The minimum Gasteiger partial charge on any atom is -0.387 e. The van der Waals surface area contributed by atoms with Gasteiger partial charge in [0.25, 0.3) is 0 Å². The Morgan fingerprint density at radius 2 is 1.94 bits per heavy atom. The highest BCUT2D eigenvalue weighted by Gasteiger charge is 2.08. The van der Waals surface area contributed by atoms with Crippen molar-refractivity contribution < 1.29 is 9.84 Å². The van der Waals surface area contributed by atoms with E-state index in [1.54, 1.807) is 7.11 Å². The normalized spacial score (nSPS) is 14.8. The Labute approximate surface area is 97.4 Å². The van der Waals surface area contributed by atoms with Crippen LogP contribution < -0.4 is 5.32 Å². The van der Waals surface area contributed by atoms with Crippen LogP contribution in [-0.2, 0) is 4.74 Å². The molecule has 0 aliphatic carbocycles. The maximum atomic E-state index is 9.93. The summed E-state index contributed by atoms with van der Waals surface area (Å²) >= 11 is 0. The Morgan fingerprint density at radius 3 is 2.50 bits per heavy atom. The molecule has 1 rings (SSSR count). The minimum absolute atomic E-state index is 0.255. The molecule has 16 heavy (non-hydrogen) atoms. The molecule has 1 aromatic rings. The summed E-state index contributed by atoms with van der Waals surface area (Å²) < 4.78 is 5.01. The predicted octanol–water partition coefficient (Wildman–Crippen LogP) is 1.65. The lowest BCUT2D eigenvalue weighted by Crippen LogP contribution is -2.33. The second kappa shape index (κ2) is 6.63. The first-order valence-corrected chi connectivity index (χ1v) is 5.60. The van der Waals surface area contributed by atoms with Gasteiger partial charge in [-0.1, -0.05) is 29.8 Å². The van der Waals surface area contributed by atoms with Gasteiger partial charge in [-0.15, -0.1) is 0 Å². The van der Waals surface area contributed by atoms with Crippen LogP contribution in [-0.4, -0.2) is 31.4 Å². The predicted molar refractivity (Wildman–Crippen MR) is 65.5 cm³/mol. The zero-order valence-electron chi connectivity index (χ0n) is 10.2. The van der Waals surface area contributed by atoms with Gasteiger partial charge in [0.05, 0.1) is 12.7 Å². The van der Waals surface area contributed by atoms with Gasteiger partial charge in [-0.2, -0.15) is 0 Å². The smallest absolute Gasteiger partial charge is 0.0914 e. The highest BCUT2D eigenvalue weighted by atomic mass is 16.5. The Hall–Kier alpha value is -0.900. The molecule has 0 heterocycles. The lowest BCUT2D eigenvalue weighted by Gasteiger charge is -2.16. The average Bonchev–Trinajstić information content (AvgIpc) is 2.27. The second-order valence-electron chi connectivity index (χ2n) is 4.19. The highest BCUT2D eigenvalue weighted by molar-refractivity contribution is 5.23. The van der Waals surface area contributed by atoms with E-state index >= 15 is 0 Å². The third-order valence-corrected chi connectivity index (χ3v) is 2.54. The number of benzene rings is 1. The van der Waals surface area contributed by atoms with E-state index in [1.807, 2.05) is 38.1 Å². The molecule has 1 aromatic carbocycles. The molecular weight excluding hydrogens is 202 g/mol. The topological polar surface area (TPSA) is 41.5 Å². The molecule has 0 bridgehead atoms. The number of aliphatic hydroxyl groups excluding tert-OH is 1. The summed E-state index contributed by atoms with van der Waals surface area (Å²) in [5.74, 6) is 0. The second-order valence-corrected chi connectivity index (χ2v) is 4.19. The van der Waals surface area contributed by atoms with Crippen LogP contribution in [0.2, 0.25) is 0 Å². The van der Waals surface area contributed by atoms with Gasteiger partial charge in [0, 0.05) is 19.7 Å². The third kappa shape index (κ3) is 4.31. The summed E-state index contributed by atoms with van der Waals surface area (Å²) in [6.07, 6.45) is -0.458. The number of rotatable bonds is 6. The van der Waals surface area contributed by atoms with Gasteiger partial charge in [-0.05, 0) is 19.4 Å². The average molecular weight is 223 g/mol. The number of nitrogens with one attached hydrogen (secondary N) is 1. The van der Waals surface area contributed by atoms with Gasteiger partial charge in [0.1, 0.15) is 0 Å². The van der Waals surface area contributed by atoms with E-state index in [2.05, 4.69) is 5.32 Å². The van der Waals surface area contributed by atoms with Gasteiger partial charge < -0.3 is 15.2 Å². The molecule has 0 saturated carbocycles. The molecule has 3 nitrogen and oxygen atoms in total. The third-order valence-electron chi connectivity index (χ3n) is 2.54. The van der Waals surface area contributed by atoms with Crippen molar-refractivity contribution in [3.05, 3.63) is 35.4 Å². The van der Waals surface area contributed by atoms with Crippen molar-refractivity contribution in [2.45, 2.75) is 26.0 Å². The highest BCUT2D eigenvalue weighted by Crippen LogP contribution is 2.12. The Morgan fingerprint density at radius 1 is 1.31 bits per heavy atom. The summed E-state index contributed by atoms with van der Waals surface area (Å²) in [6.45, 7) is 5.27. The Balaban J connectivity index is 2.40. The SMILES string of the molecule is COCC(C)NCC(O)c1ccc(C)cc1. The summed E-state index contributed by atoms with van der Waals surface area (Å²) in [4.78, 5) is 0. The fraction of sp³-hybridized carbons (Fsp3) is 0.538. The van der Waals surface area contributed by atoms with Crippen molar-refractivity contribution in [3.8, 4) is 0 Å². The van der Waals surface area contributed by atoms with Gasteiger partial charge in [0.15, 0.2) is 0 Å². The van der Waals surface area contributed by atoms with E-state index < -0.39 is 6.10 Å². The first kappa shape index (κ1) is 13.2. The molecule has 0 radical (unpaired) electrons. The van der Waals surface area contributed by atoms with E-state index in [0.29, 0.717) is 13.2 Å². The van der Waals surface area contributed by atoms with Crippen molar-refractivity contribution in [1.29, 1.82) is 0 Å². The van der Waals surface area contributed by atoms with Crippen molar-refractivity contribution in [2.24, 2.45) is 0 Å². The van der Waals surface area contributed by atoms with Crippen LogP contribution in [0.4, 0.5) is 0 Å². The zero-order chi connectivity index (χ0) is 12.0. The fourth-order valence-corrected chi connectivity index (χ4v) is 1.53.